The molecule has 0 aliphatic carbocycles. The number of imidazole rings is 2. The Bertz CT molecular complexity index is 1170. The van der Waals surface area contributed by atoms with Gasteiger partial charge in [0.15, 0.2) is 0 Å². The van der Waals surface area contributed by atoms with Crippen LogP contribution in [0.15, 0.2) is 25.0 Å². The number of H-pyrrole nitrogens is 2. The van der Waals surface area contributed by atoms with Gasteiger partial charge in [0, 0.05) is 53.7 Å². The molecule has 2 aromatic heterocycles. The molecule has 0 unspecified atom stereocenters. The Morgan fingerprint density at radius 2 is 0.980 bits per heavy atom. The van der Waals surface area contributed by atoms with E-state index in [2.05, 4.69) is 41.2 Å². The van der Waals surface area contributed by atoms with E-state index in [0.29, 0.717) is 50.2 Å². The number of aromatic amines is 2. The van der Waals surface area contributed by atoms with Crippen molar-refractivity contribution in [2.45, 2.75) is 75.5 Å². The van der Waals surface area contributed by atoms with Gasteiger partial charge in [-0.15, -0.1) is 0 Å². The second-order valence-corrected chi connectivity index (χ2v) is 10.6. The van der Waals surface area contributed by atoms with Crippen LogP contribution in [-0.2, 0) is 58.7 Å². The Hall–Kier alpha value is -4.40. The Balaban J connectivity index is 0.000000922. The summed E-state index contributed by atoms with van der Waals surface area (Å²) >= 11 is 0. The number of aliphatic carboxylic acids is 2. The molecule has 0 spiro atoms. The molecule has 0 aliphatic heterocycles. The maximum Gasteiger partial charge on any atom is 0.326 e. The van der Waals surface area contributed by atoms with Crippen LogP contribution in [0.3, 0.4) is 0 Å². The van der Waals surface area contributed by atoms with Gasteiger partial charge >= 0.3 is 11.9 Å². The van der Waals surface area contributed by atoms with E-state index in [1.54, 1.807) is 0 Å². The molecule has 2 rings (SSSR count). The van der Waals surface area contributed by atoms with Crippen LogP contribution in [0.2, 0.25) is 0 Å². The summed E-state index contributed by atoms with van der Waals surface area (Å²) < 4.78 is 0. The first-order chi connectivity index (χ1) is 22.9. The summed E-state index contributed by atoms with van der Waals surface area (Å²) in [4.78, 5) is 83.7. The number of unbranched alkanes of at least 4 members (excludes halogenated alkanes) is 2. The molecule has 0 saturated heterocycles. The summed E-state index contributed by atoms with van der Waals surface area (Å²) in [6.45, 7) is 0.363. The molecule has 20 nitrogen and oxygen atoms in total. The fourth-order valence-electron chi connectivity index (χ4n) is 4.20. The minimum absolute atomic E-state index is 0. The number of hydrogen-bond donors (Lipinski definition) is 12. The third-order valence-electron chi connectivity index (χ3n) is 6.76. The minimum Gasteiger partial charge on any atom is -0.480 e. The van der Waals surface area contributed by atoms with Gasteiger partial charge in [0.05, 0.1) is 25.7 Å². The number of nitrogens with one attached hydrogen (secondary N) is 6. The van der Waals surface area contributed by atoms with Gasteiger partial charge in [-0.1, -0.05) is 0 Å². The topological polar surface area (TPSA) is 352 Å². The first-order valence-corrected chi connectivity index (χ1v) is 15.3. The molecular formula is C28H48CuN12O8. The van der Waals surface area contributed by atoms with Crippen molar-refractivity contribution in [3.63, 3.8) is 0 Å². The van der Waals surface area contributed by atoms with E-state index in [4.69, 9.17) is 22.9 Å². The van der Waals surface area contributed by atoms with Crippen molar-refractivity contribution in [2.75, 3.05) is 26.2 Å². The van der Waals surface area contributed by atoms with Crippen LogP contribution in [0.25, 0.3) is 0 Å². The van der Waals surface area contributed by atoms with E-state index in [9.17, 15) is 39.0 Å². The number of carboxylic acids is 2. The largest absolute Gasteiger partial charge is 0.480 e. The maximum atomic E-state index is 12.4. The average molecular weight is 744 g/mol. The Kier molecular flexibility index (Phi) is 23.3. The molecule has 0 bridgehead atoms. The van der Waals surface area contributed by atoms with Crippen LogP contribution in [0, 0.1) is 0 Å². The molecule has 0 fully saturated rings. The van der Waals surface area contributed by atoms with Gasteiger partial charge in [0.25, 0.3) is 0 Å². The zero-order valence-corrected chi connectivity index (χ0v) is 27.9. The minimum atomic E-state index is -1.13. The van der Waals surface area contributed by atoms with Gasteiger partial charge in [-0.2, -0.15) is 0 Å². The summed E-state index contributed by atoms with van der Waals surface area (Å²) in [5.74, 6) is -4.47. The Morgan fingerprint density at radius 1 is 0.612 bits per heavy atom. The third kappa shape index (κ3) is 18.7. The molecule has 49 heavy (non-hydrogen) atoms. The molecule has 2 heterocycles. The van der Waals surface area contributed by atoms with E-state index in [-0.39, 0.29) is 55.8 Å². The maximum absolute atomic E-state index is 12.4. The molecule has 1 radical (unpaired) electrons. The molecular weight excluding hydrogens is 696 g/mol. The van der Waals surface area contributed by atoms with Gasteiger partial charge < -0.3 is 64.4 Å². The van der Waals surface area contributed by atoms with Crippen molar-refractivity contribution in [3.8, 4) is 0 Å². The number of aromatic nitrogens is 4. The number of amides is 4. The molecule has 279 valence electrons. The quantitative estimate of drug-likeness (QED) is 0.0406. The second kappa shape index (κ2) is 25.6. The first kappa shape index (κ1) is 44.6. The summed E-state index contributed by atoms with van der Waals surface area (Å²) in [5.41, 5.74) is 22.5. The predicted octanol–water partition coefficient (Wildman–Crippen LogP) is -3.81. The normalized spacial score (nSPS) is 12.8. The smallest absolute Gasteiger partial charge is 0.326 e. The molecule has 0 aliphatic rings. The van der Waals surface area contributed by atoms with Gasteiger partial charge in [-0.3, -0.25) is 19.2 Å². The van der Waals surface area contributed by atoms with Crippen LogP contribution in [0.4, 0.5) is 0 Å². The number of rotatable bonds is 22. The van der Waals surface area contributed by atoms with Crippen molar-refractivity contribution in [2.24, 2.45) is 22.9 Å². The van der Waals surface area contributed by atoms with Gasteiger partial charge in [0.1, 0.15) is 24.2 Å². The average Bonchev–Trinajstić information content (AvgIpc) is 3.78. The summed E-state index contributed by atoms with van der Waals surface area (Å²) in [6.07, 6.45) is 9.24. The number of carbonyl (C=O) groups excluding carboxylic acids is 4. The van der Waals surface area contributed by atoms with Crippen LogP contribution < -0.4 is 44.2 Å². The van der Waals surface area contributed by atoms with Gasteiger partial charge in [-0.25, -0.2) is 19.6 Å². The van der Waals surface area contributed by atoms with Crippen molar-refractivity contribution in [3.05, 3.63) is 36.4 Å². The predicted molar refractivity (Wildman–Crippen MR) is 171 cm³/mol. The zero-order valence-electron chi connectivity index (χ0n) is 27.0. The Morgan fingerprint density at radius 3 is 1.24 bits per heavy atom. The number of carboxylic acid groups (broad SMARTS) is 2. The van der Waals surface area contributed by atoms with Gasteiger partial charge in [0.2, 0.25) is 23.6 Å². The standard InChI is InChI=1S/2C14H24N6O4.Cu/c2*15-4-2-1-3-10(14(23)24)20-13(22)11(19-12(21)6-16)5-9-7-17-8-18-9;/h2*7-8,10-11H,1-6,15-16H2,(H,17,18)(H,19,21)(H,20,22)(H,23,24);/t2*10-,11-;/m00./s1. The number of carbonyl (C=O) groups is 6. The van der Waals surface area contributed by atoms with Crippen LogP contribution >= 0.6 is 0 Å². The SMILES string of the molecule is NCCCC[C@H](NC(=O)[C@H](Cc1cnc[nH]1)NC(=O)CN)C(=O)O.NCCCC[C@H](NC(=O)[C@H](Cc1cnc[nH]1)NC(=O)CN)C(=O)O.[Cu]. The fourth-order valence-corrected chi connectivity index (χ4v) is 4.20. The second-order valence-electron chi connectivity index (χ2n) is 10.6. The fraction of sp³-hybridized carbons (Fsp3) is 0.571. The molecule has 0 saturated carbocycles. The molecule has 4 amide bonds. The van der Waals surface area contributed by atoms with Crippen molar-refractivity contribution < 1.29 is 56.0 Å². The molecule has 2 aromatic rings. The number of nitrogens with zero attached hydrogens (tertiary/aromatic N) is 2. The summed E-state index contributed by atoms with van der Waals surface area (Å²) in [6, 6.07) is -3.97. The van der Waals surface area contributed by atoms with Crippen molar-refractivity contribution >= 4 is 35.6 Å². The van der Waals surface area contributed by atoms with Crippen molar-refractivity contribution in [1.82, 2.24) is 41.2 Å². The Labute approximate surface area is 293 Å². The summed E-state index contributed by atoms with van der Waals surface area (Å²) in [5, 5.41) is 28.3. The number of hydrogen-bond acceptors (Lipinski definition) is 12. The van der Waals surface area contributed by atoms with Crippen LogP contribution in [-0.4, -0.2) is 116 Å². The molecule has 16 N–H and O–H groups in total. The number of nitrogens with two attached hydrogens (primary N) is 4. The van der Waals surface area contributed by atoms with Crippen molar-refractivity contribution in [1.29, 1.82) is 0 Å². The van der Waals surface area contributed by atoms with E-state index in [1.165, 1.54) is 25.0 Å². The van der Waals surface area contributed by atoms with E-state index < -0.39 is 59.7 Å². The molecule has 21 heteroatoms. The van der Waals surface area contributed by atoms with E-state index >= 15 is 0 Å². The van der Waals surface area contributed by atoms with Crippen LogP contribution in [0.1, 0.15) is 49.9 Å². The summed E-state index contributed by atoms with van der Waals surface area (Å²) in [7, 11) is 0. The van der Waals surface area contributed by atoms with E-state index in [1.807, 2.05) is 0 Å². The van der Waals surface area contributed by atoms with E-state index in [0.717, 1.165) is 0 Å². The van der Waals surface area contributed by atoms with Gasteiger partial charge in [-0.05, 0) is 51.6 Å². The van der Waals surface area contributed by atoms with Crippen LogP contribution in [0.5, 0.6) is 0 Å². The zero-order chi connectivity index (χ0) is 35.9. The monoisotopic (exact) mass is 743 g/mol. The molecule has 4 atom stereocenters. The third-order valence-corrected chi connectivity index (χ3v) is 6.76. The molecule has 0 aromatic carbocycles. The first-order valence-electron chi connectivity index (χ1n) is 15.3.